The molecule has 10 heteroatoms. The summed E-state index contributed by atoms with van der Waals surface area (Å²) in [5.74, 6) is 0.875. The number of ether oxygens (including phenoxy) is 1. The molecule has 3 aliphatic rings. The number of likely N-dealkylation sites (N-methyl/N-ethyl adjacent to an activating group) is 1. The second-order valence-corrected chi connectivity index (χ2v) is 9.04. The number of fused-ring (bicyclic) bond motifs is 1. The van der Waals surface area contributed by atoms with E-state index < -0.39 is 0 Å². The number of piperazine rings is 1. The number of hydrogen-bond donors (Lipinski definition) is 1. The van der Waals surface area contributed by atoms with Crippen LogP contribution in [0, 0.1) is 0 Å². The van der Waals surface area contributed by atoms with E-state index in [0.29, 0.717) is 44.8 Å². The van der Waals surface area contributed by atoms with Crippen molar-refractivity contribution in [1.82, 2.24) is 34.6 Å². The van der Waals surface area contributed by atoms with Crippen molar-refractivity contribution in [3.63, 3.8) is 0 Å². The Bertz CT molecular complexity index is 995. The molecule has 1 N–H and O–H groups in total. The van der Waals surface area contributed by atoms with Crippen molar-refractivity contribution < 1.29 is 9.53 Å². The molecule has 0 saturated carbocycles. The average Bonchev–Trinajstić information content (AvgIpc) is 3.59. The van der Waals surface area contributed by atoms with Gasteiger partial charge in [0, 0.05) is 63.3 Å². The Balaban J connectivity index is 1.37. The first-order chi connectivity index (χ1) is 16.1. The van der Waals surface area contributed by atoms with Gasteiger partial charge >= 0.3 is 6.01 Å². The lowest BCUT2D eigenvalue weighted by Crippen LogP contribution is -2.56. The molecule has 2 saturated heterocycles. The van der Waals surface area contributed by atoms with Gasteiger partial charge in [-0.1, -0.05) is 6.58 Å². The van der Waals surface area contributed by atoms with Crippen molar-refractivity contribution in [3.8, 4) is 6.01 Å². The van der Waals surface area contributed by atoms with Gasteiger partial charge in [-0.05, 0) is 32.5 Å². The fraction of sp³-hybridized carbons (Fsp3) is 0.565. The van der Waals surface area contributed by atoms with Crippen molar-refractivity contribution in [3.05, 3.63) is 42.6 Å². The molecule has 2 atom stereocenters. The molecule has 10 nitrogen and oxygen atoms in total. The predicted octanol–water partition coefficient (Wildman–Crippen LogP) is 0.653. The summed E-state index contributed by atoms with van der Waals surface area (Å²) in [6.07, 6.45) is 9.22. The molecule has 2 aromatic heterocycles. The zero-order valence-corrected chi connectivity index (χ0v) is 19.2. The third-order valence-electron chi connectivity index (χ3n) is 6.94. The molecule has 0 bridgehead atoms. The van der Waals surface area contributed by atoms with E-state index in [0.717, 1.165) is 43.1 Å². The van der Waals surface area contributed by atoms with Crippen molar-refractivity contribution in [2.24, 2.45) is 0 Å². The Morgan fingerprint density at radius 1 is 1.27 bits per heavy atom. The molecule has 176 valence electrons. The molecule has 5 heterocycles. The van der Waals surface area contributed by atoms with Gasteiger partial charge in [0.1, 0.15) is 12.4 Å². The SMILES string of the molecule is C=CC(=O)N1CCN(c2nc(OC[C@@H]3CCCN3C)nc3c2CNC3)C[C@@H]1Cn1ccnc1. The van der Waals surface area contributed by atoms with Crippen molar-refractivity contribution in [2.45, 2.75) is 44.6 Å². The molecule has 2 fully saturated rings. The highest BCUT2D eigenvalue weighted by atomic mass is 16.5. The molecule has 1 amide bonds. The van der Waals surface area contributed by atoms with Gasteiger partial charge in [0.2, 0.25) is 5.91 Å². The molecule has 0 radical (unpaired) electrons. The minimum absolute atomic E-state index is 0.0186. The van der Waals surface area contributed by atoms with Gasteiger partial charge in [0.05, 0.1) is 18.1 Å². The number of carbonyl (C=O) groups excluding carboxylic acids is 1. The topological polar surface area (TPSA) is 91.6 Å². The predicted molar refractivity (Wildman–Crippen MR) is 124 cm³/mol. The summed E-state index contributed by atoms with van der Waals surface area (Å²) in [7, 11) is 2.14. The first-order valence-corrected chi connectivity index (χ1v) is 11.7. The summed E-state index contributed by atoms with van der Waals surface area (Å²) >= 11 is 0. The molecule has 0 aliphatic carbocycles. The van der Waals surface area contributed by atoms with Crippen LogP contribution in [0.3, 0.4) is 0 Å². The Hall–Kier alpha value is -2.98. The lowest BCUT2D eigenvalue weighted by Gasteiger charge is -2.42. The van der Waals surface area contributed by atoms with Gasteiger partial charge in [-0.15, -0.1) is 0 Å². The molecule has 33 heavy (non-hydrogen) atoms. The van der Waals surface area contributed by atoms with Crippen molar-refractivity contribution in [2.75, 3.05) is 44.7 Å². The summed E-state index contributed by atoms with van der Waals surface area (Å²) in [6.45, 7) is 9.52. The van der Waals surface area contributed by atoms with E-state index in [1.165, 1.54) is 12.5 Å². The number of anilines is 1. The number of aromatic nitrogens is 4. The number of likely N-dealkylation sites (tertiary alicyclic amines) is 1. The lowest BCUT2D eigenvalue weighted by atomic mass is 10.1. The molecule has 0 unspecified atom stereocenters. The first kappa shape index (κ1) is 21.8. The normalized spacial score (nSPS) is 23.1. The van der Waals surface area contributed by atoms with E-state index >= 15 is 0 Å². The minimum Gasteiger partial charge on any atom is -0.462 e. The number of nitrogens with zero attached hydrogens (tertiary/aromatic N) is 7. The molecule has 2 aromatic rings. The van der Waals surface area contributed by atoms with Crippen LogP contribution >= 0.6 is 0 Å². The molecular formula is C23H32N8O2. The van der Waals surface area contributed by atoms with Crippen molar-refractivity contribution >= 4 is 11.7 Å². The maximum Gasteiger partial charge on any atom is 0.318 e. The van der Waals surface area contributed by atoms with Gasteiger partial charge in [-0.3, -0.25) is 4.79 Å². The quantitative estimate of drug-likeness (QED) is 0.613. The van der Waals surface area contributed by atoms with Gasteiger partial charge in [-0.25, -0.2) is 4.98 Å². The summed E-state index contributed by atoms with van der Waals surface area (Å²) in [6, 6.07) is 0.842. The zero-order valence-electron chi connectivity index (χ0n) is 19.2. The smallest absolute Gasteiger partial charge is 0.318 e. The summed E-state index contributed by atoms with van der Waals surface area (Å²) in [5.41, 5.74) is 2.13. The van der Waals surface area contributed by atoms with E-state index in [2.05, 4.69) is 33.7 Å². The van der Waals surface area contributed by atoms with Gasteiger partial charge in [0.25, 0.3) is 0 Å². The highest BCUT2D eigenvalue weighted by Gasteiger charge is 2.33. The zero-order chi connectivity index (χ0) is 22.8. The number of rotatable bonds is 7. The number of imidazole rings is 1. The van der Waals surface area contributed by atoms with Crippen LogP contribution < -0.4 is 15.0 Å². The highest BCUT2D eigenvalue weighted by molar-refractivity contribution is 5.87. The van der Waals surface area contributed by atoms with E-state index in [1.807, 2.05) is 15.7 Å². The van der Waals surface area contributed by atoms with E-state index in [-0.39, 0.29) is 11.9 Å². The number of nitrogens with one attached hydrogen (secondary N) is 1. The van der Waals surface area contributed by atoms with Gasteiger partial charge in [-0.2, -0.15) is 9.97 Å². The third kappa shape index (κ3) is 4.58. The molecule has 3 aliphatic heterocycles. The standard InChI is InChI=1S/C23H32N8O2/c1-3-21(32)31-10-9-30(14-18(31)13-29-8-6-24-16-29)22-19-11-25-12-20(19)26-23(27-22)33-15-17-5-4-7-28(17)2/h3,6,8,16-18,25H,1,4-5,7,9-15H2,2H3/t17-,18-/m0/s1. The third-order valence-corrected chi connectivity index (χ3v) is 6.94. The maximum absolute atomic E-state index is 12.5. The monoisotopic (exact) mass is 452 g/mol. The maximum atomic E-state index is 12.5. The number of hydrogen-bond acceptors (Lipinski definition) is 8. The second-order valence-electron chi connectivity index (χ2n) is 9.04. The molecular weight excluding hydrogens is 420 g/mol. The van der Waals surface area contributed by atoms with Crippen LogP contribution in [0.4, 0.5) is 5.82 Å². The second kappa shape index (κ2) is 9.48. The average molecular weight is 453 g/mol. The molecule has 0 aromatic carbocycles. The van der Waals surface area contributed by atoms with Crippen molar-refractivity contribution in [1.29, 1.82) is 0 Å². The minimum atomic E-state index is -0.0425. The van der Waals surface area contributed by atoms with Gasteiger partial charge in [0.15, 0.2) is 0 Å². The molecule has 5 rings (SSSR count). The van der Waals surface area contributed by atoms with Crippen LogP contribution in [0.1, 0.15) is 24.1 Å². The lowest BCUT2D eigenvalue weighted by molar-refractivity contribution is -0.129. The van der Waals surface area contributed by atoms with Crippen LogP contribution in [0.2, 0.25) is 0 Å². The summed E-state index contributed by atoms with van der Waals surface area (Å²) < 4.78 is 8.11. The van der Waals surface area contributed by atoms with Crippen LogP contribution in [0.25, 0.3) is 0 Å². The van der Waals surface area contributed by atoms with Crippen LogP contribution in [-0.4, -0.2) is 87.1 Å². The number of carbonyl (C=O) groups is 1. The summed E-state index contributed by atoms with van der Waals surface area (Å²) in [4.78, 5) is 32.8. The van der Waals surface area contributed by atoms with E-state index in [9.17, 15) is 4.79 Å². The Kier molecular flexibility index (Phi) is 6.28. The van der Waals surface area contributed by atoms with Crippen LogP contribution in [-0.2, 0) is 24.4 Å². The Morgan fingerprint density at radius 3 is 2.94 bits per heavy atom. The van der Waals surface area contributed by atoms with E-state index in [1.54, 1.807) is 12.5 Å². The first-order valence-electron chi connectivity index (χ1n) is 11.7. The highest BCUT2D eigenvalue weighted by Crippen LogP contribution is 2.29. The van der Waals surface area contributed by atoms with Crippen LogP contribution in [0.5, 0.6) is 6.01 Å². The summed E-state index contributed by atoms with van der Waals surface area (Å²) in [5, 5.41) is 3.40. The fourth-order valence-corrected chi connectivity index (χ4v) is 5.06. The van der Waals surface area contributed by atoms with Crippen LogP contribution in [0.15, 0.2) is 31.4 Å². The fourth-order valence-electron chi connectivity index (χ4n) is 5.06. The van der Waals surface area contributed by atoms with E-state index in [4.69, 9.17) is 14.7 Å². The molecule has 0 spiro atoms. The number of amides is 1. The largest absolute Gasteiger partial charge is 0.462 e. The van der Waals surface area contributed by atoms with Gasteiger partial charge < -0.3 is 29.3 Å². The Labute approximate surface area is 194 Å². The Morgan fingerprint density at radius 2 is 2.18 bits per heavy atom.